The van der Waals surface area contributed by atoms with E-state index in [2.05, 4.69) is 0 Å². The molecule has 1 unspecified atom stereocenters. The predicted molar refractivity (Wildman–Crippen MR) is 56.0 cm³/mol. The summed E-state index contributed by atoms with van der Waals surface area (Å²) in [5.74, 6) is -1.36. The van der Waals surface area contributed by atoms with Gasteiger partial charge in [-0.15, -0.1) is 0 Å². The largest absolute Gasteiger partial charge is 0.480 e. The topological polar surface area (TPSA) is 107 Å². The molecule has 0 aliphatic rings. The maximum atomic E-state index is 11.2. The van der Waals surface area contributed by atoms with Gasteiger partial charge >= 0.3 is 5.97 Å². The lowest BCUT2D eigenvalue weighted by Crippen LogP contribution is -2.30. The summed E-state index contributed by atoms with van der Waals surface area (Å²) in [7, 11) is 0. The van der Waals surface area contributed by atoms with Gasteiger partial charge in [0.1, 0.15) is 19.3 Å². The van der Waals surface area contributed by atoms with Gasteiger partial charge in [0.2, 0.25) is 0 Å². The molecule has 0 spiro atoms. The zero-order valence-electron chi connectivity index (χ0n) is 9.27. The van der Waals surface area contributed by atoms with Crippen LogP contribution in [0.4, 0.5) is 0 Å². The monoisotopic (exact) mass is 231 g/mol. The van der Waals surface area contributed by atoms with Gasteiger partial charge in [0.15, 0.2) is 11.6 Å². The van der Waals surface area contributed by atoms with Crippen molar-refractivity contribution in [2.75, 3.05) is 13.2 Å². The molecule has 0 amide bonds. The number of Topliss-reactive ketones (excluding diaryl/α,β-unsaturated/α-hetero) is 2. The lowest BCUT2D eigenvalue weighted by Gasteiger charge is -2.05. The van der Waals surface area contributed by atoms with Crippen molar-refractivity contribution in [1.82, 2.24) is 0 Å². The molecule has 3 N–H and O–H groups in total. The third kappa shape index (κ3) is 8.07. The summed E-state index contributed by atoms with van der Waals surface area (Å²) in [6.45, 7) is 1.19. The van der Waals surface area contributed by atoms with E-state index in [1.54, 1.807) is 0 Å². The Kier molecular flexibility index (Phi) is 7.32. The van der Waals surface area contributed by atoms with Gasteiger partial charge in [-0.2, -0.15) is 0 Å². The summed E-state index contributed by atoms with van der Waals surface area (Å²) in [4.78, 5) is 32.0. The van der Waals surface area contributed by atoms with Gasteiger partial charge in [-0.1, -0.05) is 0 Å². The zero-order valence-corrected chi connectivity index (χ0v) is 9.27. The molecule has 0 aromatic rings. The number of aliphatic carboxylic acids is 1. The van der Waals surface area contributed by atoms with E-state index < -0.39 is 12.0 Å². The van der Waals surface area contributed by atoms with Crippen LogP contribution >= 0.6 is 0 Å². The van der Waals surface area contributed by atoms with Crippen LogP contribution in [0.15, 0.2) is 0 Å². The number of ether oxygens (including phenoxy) is 1. The fourth-order valence-electron chi connectivity index (χ4n) is 1.02. The SMILES string of the molecule is CC(=O)COCC(=O)CCCC(N)C(=O)O. The molecule has 1 atom stereocenters. The molecule has 0 aliphatic heterocycles. The molecular weight excluding hydrogens is 214 g/mol. The number of carbonyl (C=O) groups excluding carboxylic acids is 2. The van der Waals surface area contributed by atoms with E-state index in [0.717, 1.165) is 0 Å². The maximum Gasteiger partial charge on any atom is 0.320 e. The Morgan fingerprint density at radius 1 is 1.31 bits per heavy atom. The Morgan fingerprint density at radius 3 is 2.44 bits per heavy atom. The summed E-state index contributed by atoms with van der Waals surface area (Å²) in [5.41, 5.74) is 5.26. The first kappa shape index (κ1) is 14.7. The van der Waals surface area contributed by atoms with Crippen molar-refractivity contribution in [3.63, 3.8) is 0 Å². The summed E-state index contributed by atoms with van der Waals surface area (Å²) in [6, 6.07) is -0.925. The fraction of sp³-hybridized carbons (Fsp3) is 0.700. The molecule has 0 fully saturated rings. The van der Waals surface area contributed by atoms with Crippen molar-refractivity contribution < 1.29 is 24.2 Å². The highest BCUT2D eigenvalue weighted by Gasteiger charge is 2.11. The van der Waals surface area contributed by atoms with E-state index in [1.807, 2.05) is 0 Å². The molecule has 0 saturated heterocycles. The minimum absolute atomic E-state index is 0.0691. The van der Waals surface area contributed by atoms with Gasteiger partial charge in [-0.25, -0.2) is 0 Å². The Labute approximate surface area is 93.8 Å². The van der Waals surface area contributed by atoms with Gasteiger partial charge in [0.25, 0.3) is 0 Å². The minimum Gasteiger partial charge on any atom is -0.480 e. The molecule has 0 bridgehead atoms. The van der Waals surface area contributed by atoms with Crippen molar-refractivity contribution in [3.8, 4) is 0 Å². The molecule has 0 aromatic heterocycles. The highest BCUT2D eigenvalue weighted by atomic mass is 16.5. The molecule has 0 radical (unpaired) electrons. The molecular formula is C10H17NO5. The third-order valence-electron chi connectivity index (χ3n) is 1.86. The molecule has 6 heteroatoms. The molecule has 0 aliphatic carbocycles. The highest BCUT2D eigenvalue weighted by molar-refractivity contribution is 5.81. The van der Waals surface area contributed by atoms with E-state index in [1.165, 1.54) is 6.92 Å². The Hall–Kier alpha value is -1.27. The normalized spacial score (nSPS) is 12.1. The number of hydrogen-bond donors (Lipinski definition) is 2. The maximum absolute atomic E-state index is 11.2. The Morgan fingerprint density at radius 2 is 1.94 bits per heavy atom. The van der Waals surface area contributed by atoms with Crippen LogP contribution in [-0.2, 0) is 19.1 Å². The van der Waals surface area contributed by atoms with Gasteiger partial charge in [-0.3, -0.25) is 14.4 Å². The first-order valence-electron chi connectivity index (χ1n) is 5.00. The third-order valence-corrected chi connectivity index (χ3v) is 1.86. The fourth-order valence-corrected chi connectivity index (χ4v) is 1.02. The second kappa shape index (κ2) is 7.95. The van der Waals surface area contributed by atoms with Crippen LogP contribution in [0.2, 0.25) is 0 Å². The summed E-state index contributed by atoms with van der Waals surface area (Å²) < 4.78 is 4.82. The zero-order chi connectivity index (χ0) is 12.6. The van der Waals surface area contributed by atoms with Crippen LogP contribution in [0, 0.1) is 0 Å². The Bertz CT molecular complexity index is 264. The van der Waals surface area contributed by atoms with Gasteiger partial charge in [-0.05, 0) is 19.8 Å². The molecule has 16 heavy (non-hydrogen) atoms. The Balaban J connectivity index is 3.51. The van der Waals surface area contributed by atoms with Crippen molar-refractivity contribution in [2.24, 2.45) is 5.73 Å². The summed E-state index contributed by atoms with van der Waals surface area (Å²) in [5, 5.41) is 8.48. The summed E-state index contributed by atoms with van der Waals surface area (Å²) in [6.07, 6.45) is 0.891. The van der Waals surface area contributed by atoms with Gasteiger partial charge in [0.05, 0.1) is 0 Å². The smallest absolute Gasteiger partial charge is 0.320 e. The van der Waals surface area contributed by atoms with Crippen LogP contribution in [-0.4, -0.2) is 41.9 Å². The average molecular weight is 231 g/mol. The first-order valence-corrected chi connectivity index (χ1v) is 5.00. The molecule has 0 aromatic carbocycles. The number of carbonyl (C=O) groups is 3. The molecule has 6 nitrogen and oxygen atoms in total. The lowest BCUT2D eigenvalue weighted by molar-refractivity contribution is -0.139. The second-order valence-corrected chi connectivity index (χ2v) is 3.57. The van der Waals surface area contributed by atoms with Crippen LogP contribution in [0.1, 0.15) is 26.2 Å². The minimum atomic E-state index is -1.07. The van der Waals surface area contributed by atoms with Crippen molar-refractivity contribution in [2.45, 2.75) is 32.2 Å². The van der Waals surface area contributed by atoms with E-state index in [-0.39, 0.29) is 37.6 Å². The number of carboxylic acid groups (broad SMARTS) is 1. The van der Waals surface area contributed by atoms with Crippen LogP contribution in [0.5, 0.6) is 0 Å². The lowest BCUT2D eigenvalue weighted by atomic mass is 10.1. The number of hydrogen-bond acceptors (Lipinski definition) is 5. The number of carboxylic acids is 1. The predicted octanol–water partition coefficient (Wildman–Crippen LogP) is -0.257. The average Bonchev–Trinajstić information content (AvgIpc) is 2.16. The quantitative estimate of drug-likeness (QED) is 0.566. The molecule has 0 heterocycles. The van der Waals surface area contributed by atoms with Gasteiger partial charge in [0, 0.05) is 6.42 Å². The number of nitrogens with two attached hydrogens (primary N) is 1. The van der Waals surface area contributed by atoms with Crippen LogP contribution in [0.25, 0.3) is 0 Å². The van der Waals surface area contributed by atoms with Crippen LogP contribution in [0.3, 0.4) is 0 Å². The number of ketones is 2. The van der Waals surface area contributed by atoms with Crippen LogP contribution < -0.4 is 5.73 Å². The number of rotatable bonds is 9. The molecule has 0 saturated carbocycles. The van der Waals surface area contributed by atoms with E-state index >= 15 is 0 Å². The van der Waals surface area contributed by atoms with Crippen molar-refractivity contribution >= 4 is 17.5 Å². The highest BCUT2D eigenvalue weighted by Crippen LogP contribution is 2.00. The van der Waals surface area contributed by atoms with E-state index in [9.17, 15) is 14.4 Å². The second-order valence-electron chi connectivity index (χ2n) is 3.57. The van der Waals surface area contributed by atoms with Crippen molar-refractivity contribution in [3.05, 3.63) is 0 Å². The standard InChI is InChI=1S/C10H17NO5/c1-7(12)5-16-6-8(13)3-2-4-9(11)10(14)15/h9H,2-6,11H2,1H3,(H,14,15). The summed E-state index contributed by atoms with van der Waals surface area (Å²) >= 11 is 0. The van der Waals surface area contributed by atoms with Crippen molar-refractivity contribution in [1.29, 1.82) is 0 Å². The van der Waals surface area contributed by atoms with Gasteiger partial charge < -0.3 is 15.6 Å². The van der Waals surface area contributed by atoms with E-state index in [0.29, 0.717) is 6.42 Å². The molecule has 0 rings (SSSR count). The molecule has 92 valence electrons. The first-order chi connectivity index (χ1) is 7.43. The van der Waals surface area contributed by atoms with E-state index in [4.69, 9.17) is 15.6 Å².